The van der Waals surface area contributed by atoms with Gasteiger partial charge in [0.15, 0.2) is 12.7 Å². The molecule has 1 unspecified atom stereocenters. The molecular weight excluding hydrogens is 250 g/mol. The number of hydrogen-bond donors (Lipinski definition) is 2. The molecule has 0 saturated carbocycles. The number of rotatable bonds is 8. The summed E-state index contributed by atoms with van der Waals surface area (Å²) >= 11 is 0. The van der Waals surface area contributed by atoms with Crippen molar-refractivity contribution in [3.05, 3.63) is 30.3 Å². The number of amides is 1. The van der Waals surface area contributed by atoms with Crippen molar-refractivity contribution in [3.8, 4) is 5.75 Å². The fourth-order valence-electron chi connectivity index (χ4n) is 1.21. The van der Waals surface area contributed by atoms with Gasteiger partial charge in [0.05, 0.1) is 6.61 Å². The van der Waals surface area contributed by atoms with Crippen molar-refractivity contribution in [2.75, 3.05) is 19.8 Å². The maximum Gasteiger partial charge on any atom is 0.332 e. The van der Waals surface area contributed by atoms with Crippen LogP contribution in [0.25, 0.3) is 0 Å². The van der Waals surface area contributed by atoms with Crippen molar-refractivity contribution in [1.29, 1.82) is 0 Å². The maximum atomic E-state index is 11.4. The molecule has 0 spiro atoms. The SMILES string of the molecule is CC(OCCNC(=O)COc1ccccc1)C(=O)O. The van der Waals surface area contributed by atoms with Crippen LogP contribution < -0.4 is 10.1 Å². The fourth-order valence-corrected chi connectivity index (χ4v) is 1.21. The third-order valence-electron chi connectivity index (χ3n) is 2.25. The van der Waals surface area contributed by atoms with E-state index in [0.29, 0.717) is 5.75 Å². The number of carboxylic acid groups (broad SMARTS) is 1. The summed E-state index contributed by atoms with van der Waals surface area (Å²) in [5.41, 5.74) is 0. The van der Waals surface area contributed by atoms with Crippen molar-refractivity contribution < 1.29 is 24.2 Å². The molecule has 104 valence electrons. The number of carboxylic acids is 1. The topological polar surface area (TPSA) is 84.9 Å². The molecular formula is C13H17NO5. The molecule has 19 heavy (non-hydrogen) atoms. The van der Waals surface area contributed by atoms with Crippen LogP contribution in [-0.2, 0) is 14.3 Å². The number of ether oxygens (including phenoxy) is 2. The van der Waals surface area contributed by atoms with Gasteiger partial charge in [0, 0.05) is 6.54 Å². The lowest BCUT2D eigenvalue weighted by Crippen LogP contribution is -2.33. The molecule has 6 heteroatoms. The Bertz CT molecular complexity index is 407. The quantitative estimate of drug-likeness (QED) is 0.676. The van der Waals surface area contributed by atoms with Crippen molar-refractivity contribution in [2.45, 2.75) is 13.0 Å². The monoisotopic (exact) mass is 267 g/mol. The lowest BCUT2D eigenvalue weighted by atomic mass is 10.3. The molecule has 0 bridgehead atoms. The highest BCUT2D eigenvalue weighted by atomic mass is 16.5. The first-order chi connectivity index (χ1) is 9.09. The van der Waals surface area contributed by atoms with Gasteiger partial charge in [0.1, 0.15) is 5.75 Å². The Labute approximate surface area is 111 Å². The second-order valence-corrected chi connectivity index (χ2v) is 3.80. The molecule has 1 aromatic rings. The van der Waals surface area contributed by atoms with E-state index < -0.39 is 12.1 Å². The molecule has 0 radical (unpaired) electrons. The third-order valence-corrected chi connectivity index (χ3v) is 2.25. The zero-order chi connectivity index (χ0) is 14.1. The Balaban J connectivity index is 2.10. The number of carbonyl (C=O) groups is 2. The fraction of sp³-hybridized carbons (Fsp3) is 0.385. The van der Waals surface area contributed by atoms with E-state index in [-0.39, 0.29) is 25.7 Å². The minimum Gasteiger partial charge on any atom is -0.484 e. The van der Waals surface area contributed by atoms with Gasteiger partial charge in [0.25, 0.3) is 5.91 Å². The average molecular weight is 267 g/mol. The summed E-state index contributed by atoms with van der Waals surface area (Å²) in [6, 6.07) is 8.99. The highest BCUT2D eigenvalue weighted by Gasteiger charge is 2.10. The van der Waals surface area contributed by atoms with Gasteiger partial charge in [-0.25, -0.2) is 4.79 Å². The number of para-hydroxylation sites is 1. The maximum absolute atomic E-state index is 11.4. The van der Waals surface area contributed by atoms with E-state index in [0.717, 1.165) is 0 Å². The average Bonchev–Trinajstić information content (AvgIpc) is 2.42. The van der Waals surface area contributed by atoms with E-state index >= 15 is 0 Å². The van der Waals surface area contributed by atoms with Crippen molar-refractivity contribution >= 4 is 11.9 Å². The largest absolute Gasteiger partial charge is 0.484 e. The van der Waals surface area contributed by atoms with Crippen molar-refractivity contribution in [3.63, 3.8) is 0 Å². The van der Waals surface area contributed by atoms with Gasteiger partial charge in [-0.2, -0.15) is 0 Å². The molecule has 0 aliphatic rings. The van der Waals surface area contributed by atoms with Gasteiger partial charge in [-0.05, 0) is 19.1 Å². The Kier molecular flexibility index (Phi) is 6.38. The van der Waals surface area contributed by atoms with Gasteiger partial charge in [0.2, 0.25) is 0 Å². The molecule has 6 nitrogen and oxygen atoms in total. The standard InChI is InChI=1S/C13H17NO5/c1-10(13(16)17)18-8-7-14-12(15)9-19-11-5-3-2-4-6-11/h2-6,10H,7-9H2,1H3,(H,14,15)(H,16,17). The van der Waals surface area contributed by atoms with Crippen LogP contribution in [0.1, 0.15) is 6.92 Å². The molecule has 1 aromatic carbocycles. The van der Waals surface area contributed by atoms with E-state index in [1.807, 2.05) is 18.2 Å². The van der Waals surface area contributed by atoms with Crippen molar-refractivity contribution in [1.82, 2.24) is 5.32 Å². The Morgan fingerprint density at radius 3 is 2.63 bits per heavy atom. The molecule has 1 rings (SSSR count). The van der Waals surface area contributed by atoms with E-state index in [2.05, 4.69) is 5.32 Å². The number of hydrogen-bond acceptors (Lipinski definition) is 4. The summed E-state index contributed by atoms with van der Waals surface area (Å²) in [6.07, 6.45) is -0.877. The predicted octanol–water partition coefficient (Wildman–Crippen LogP) is 0.671. The molecule has 0 fully saturated rings. The van der Waals surface area contributed by atoms with Gasteiger partial charge in [-0.1, -0.05) is 18.2 Å². The van der Waals surface area contributed by atoms with Gasteiger partial charge in [-0.3, -0.25) is 4.79 Å². The number of nitrogens with one attached hydrogen (secondary N) is 1. The summed E-state index contributed by atoms with van der Waals surface area (Å²) in [7, 11) is 0. The van der Waals surface area contributed by atoms with Crippen molar-refractivity contribution in [2.24, 2.45) is 0 Å². The van der Waals surface area contributed by atoms with E-state index in [9.17, 15) is 9.59 Å². The molecule has 1 amide bonds. The summed E-state index contributed by atoms with van der Waals surface area (Å²) < 4.78 is 10.2. The first-order valence-corrected chi connectivity index (χ1v) is 5.88. The smallest absolute Gasteiger partial charge is 0.332 e. The zero-order valence-corrected chi connectivity index (χ0v) is 10.7. The second-order valence-electron chi connectivity index (χ2n) is 3.80. The summed E-state index contributed by atoms with van der Waals surface area (Å²) in [4.78, 5) is 21.8. The van der Waals surface area contributed by atoms with E-state index in [1.165, 1.54) is 6.92 Å². The Morgan fingerprint density at radius 2 is 2.00 bits per heavy atom. The highest BCUT2D eigenvalue weighted by molar-refractivity contribution is 5.77. The van der Waals surface area contributed by atoms with Gasteiger partial charge < -0.3 is 19.9 Å². The first kappa shape index (κ1) is 15.0. The minimum atomic E-state index is -1.03. The van der Waals surface area contributed by atoms with Crippen LogP contribution in [0.5, 0.6) is 5.75 Å². The summed E-state index contributed by atoms with van der Waals surface area (Å²) in [5.74, 6) is -0.692. The molecule has 1 atom stereocenters. The zero-order valence-electron chi connectivity index (χ0n) is 10.7. The van der Waals surface area contributed by atoms with Gasteiger partial charge >= 0.3 is 5.97 Å². The van der Waals surface area contributed by atoms with Gasteiger partial charge in [-0.15, -0.1) is 0 Å². The third kappa shape index (κ3) is 6.42. The molecule has 0 aromatic heterocycles. The van der Waals surface area contributed by atoms with Crippen LogP contribution in [-0.4, -0.2) is 42.8 Å². The summed E-state index contributed by atoms with van der Waals surface area (Å²) in [5, 5.41) is 11.1. The van der Waals surface area contributed by atoms with Crippen LogP contribution in [0, 0.1) is 0 Å². The van der Waals surface area contributed by atoms with Crippen LogP contribution in [0.15, 0.2) is 30.3 Å². The Morgan fingerprint density at radius 1 is 1.32 bits per heavy atom. The molecule has 0 saturated heterocycles. The van der Waals surface area contributed by atoms with Crippen LogP contribution in [0.2, 0.25) is 0 Å². The van der Waals surface area contributed by atoms with E-state index in [1.54, 1.807) is 12.1 Å². The second kappa shape index (κ2) is 8.10. The van der Waals surface area contributed by atoms with E-state index in [4.69, 9.17) is 14.6 Å². The lowest BCUT2D eigenvalue weighted by molar-refractivity contribution is -0.149. The minimum absolute atomic E-state index is 0.0848. The predicted molar refractivity (Wildman–Crippen MR) is 68.0 cm³/mol. The van der Waals surface area contributed by atoms with Crippen LogP contribution >= 0.6 is 0 Å². The Hall–Kier alpha value is -2.08. The van der Waals surface area contributed by atoms with Crippen LogP contribution in [0.4, 0.5) is 0 Å². The number of carbonyl (C=O) groups excluding carboxylic acids is 1. The number of aliphatic carboxylic acids is 1. The molecule has 0 aliphatic heterocycles. The number of benzene rings is 1. The lowest BCUT2D eigenvalue weighted by Gasteiger charge is -2.10. The normalized spacial score (nSPS) is 11.6. The molecule has 0 heterocycles. The highest BCUT2D eigenvalue weighted by Crippen LogP contribution is 2.07. The first-order valence-electron chi connectivity index (χ1n) is 5.88. The summed E-state index contributed by atoms with van der Waals surface area (Å²) in [6.45, 7) is 1.74. The molecule has 2 N–H and O–H groups in total. The van der Waals surface area contributed by atoms with Crippen LogP contribution in [0.3, 0.4) is 0 Å². The molecule has 0 aliphatic carbocycles.